The van der Waals surface area contributed by atoms with E-state index in [2.05, 4.69) is 29.3 Å². The van der Waals surface area contributed by atoms with Crippen molar-refractivity contribution in [3.05, 3.63) is 53.6 Å². The maximum Gasteiger partial charge on any atom is 0.221 e. The maximum absolute atomic E-state index is 12.3. The van der Waals surface area contributed by atoms with Gasteiger partial charge in [-0.05, 0) is 32.0 Å². The summed E-state index contributed by atoms with van der Waals surface area (Å²) >= 11 is 0. The van der Waals surface area contributed by atoms with Gasteiger partial charge in [-0.15, -0.1) is 0 Å². The number of amides is 1. The molecule has 1 aliphatic rings. The van der Waals surface area contributed by atoms with Gasteiger partial charge in [-0.2, -0.15) is 0 Å². The summed E-state index contributed by atoms with van der Waals surface area (Å²) in [4.78, 5) is 14.5. The van der Waals surface area contributed by atoms with E-state index in [1.807, 2.05) is 25.1 Å². The van der Waals surface area contributed by atoms with Crippen LogP contribution >= 0.6 is 0 Å². The minimum Gasteiger partial charge on any atom is -0.497 e. The Morgan fingerprint density at radius 2 is 2.10 bits per heavy atom. The number of hydrogen-bond donors (Lipinski definition) is 2. The Kier molecular flexibility index (Phi) is 8.14. The molecular weight excluding hydrogens is 396 g/mol. The third-order valence-electron chi connectivity index (χ3n) is 5.13. The van der Waals surface area contributed by atoms with Crippen LogP contribution < -0.4 is 19.5 Å². The second-order valence-electron chi connectivity index (χ2n) is 7.97. The molecule has 3 rings (SSSR count). The van der Waals surface area contributed by atoms with E-state index in [0.717, 1.165) is 24.4 Å². The number of carbonyl (C=O) groups is 1. The molecule has 0 saturated carbocycles. The fraction of sp³-hybridized carbons (Fsp3) is 0.458. The van der Waals surface area contributed by atoms with Gasteiger partial charge < -0.3 is 24.6 Å². The molecule has 2 aromatic carbocycles. The molecule has 0 saturated heterocycles. The van der Waals surface area contributed by atoms with E-state index < -0.39 is 6.10 Å². The van der Waals surface area contributed by atoms with Crippen LogP contribution in [0, 0.1) is 6.92 Å². The number of nitrogens with one attached hydrogen (secondary N) is 1. The number of rotatable bonds is 9. The van der Waals surface area contributed by atoms with Crippen molar-refractivity contribution >= 4 is 5.91 Å². The number of benzene rings is 2. The molecule has 0 fully saturated rings. The second kappa shape index (κ2) is 11.0. The monoisotopic (exact) mass is 428 g/mol. The third-order valence-corrected chi connectivity index (χ3v) is 5.13. The van der Waals surface area contributed by atoms with E-state index in [4.69, 9.17) is 14.2 Å². The Balaban J connectivity index is 1.40. The molecule has 2 N–H and O–H groups in total. The Hall–Kier alpha value is -2.77. The number of fused-ring (bicyclic) bond motifs is 1. The van der Waals surface area contributed by atoms with Crippen LogP contribution in [0.4, 0.5) is 0 Å². The van der Waals surface area contributed by atoms with Crippen LogP contribution in [0.15, 0.2) is 42.5 Å². The summed E-state index contributed by atoms with van der Waals surface area (Å²) in [6, 6.07) is 13.4. The summed E-state index contributed by atoms with van der Waals surface area (Å²) in [5.41, 5.74) is 2.34. The predicted molar refractivity (Wildman–Crippen MR) is 119 cm³/mol. The normalized spacial score (nSPS) is 17.1. The smallest absolute Gasteiger partial charge is 0.221 e. The molecule has 1 heterocycles. The van der Waals surface area contributed by atoms with Gasteiger partial charge in [-0.1, -0.05) is 23.8 Å². The van der Waals surface area contributed by atoms with Gasteiger partial charge in [0, 0.05) is 44.2 Å². The predicted octanol–water partition coefficient (Wildman–Crippen LogP) is 2.53. The lowest BCUT2D eigenvalue weighted by atomic mass is 10.1. The zero-order valence-corrected chi connectivity index (χ0v) is 18.5. The molecule has 31 heavy (non-hydrogen) atoms. The van der Waals surface area contributed by atoms with Crippen molar-refractivity contribution in [2.24, 2.45) is 0 Å². The molecule has 7 nitrogen and oxygen atoms in total. The van der Waals surface area contributed by atoms with Gasteiger partial charge in [0.05, 0.1) is 7.11 Å². The van der Waals surface area contributed by atoms with Crippen molar-refractivity contribution in [3.8, 4) is 17.2 Å². The van der Waals surface area contributed by atoms with Crippen molar-refractivity contribution in [1.29, 1.82) is 0 Å². The van der Waals surface area contributed by atoms with Gasteiger partial charge >= 0.3 is 0 Å². The first-order valence-corrected chi connectivity index (χ1v) is 10.6. The van der Waals surface area contributed by atoms with Crippen LogP contribution in [0.3, 0.4) is 0 Å². The SMILES string of the molecule is COc1cccc(OC[C@H](O)CNC(=O)CCN2Cc3cc(C)ccc3O[C@H](C)C2)c1. The summed E-state index contributed by atoms with van der Waals surface area (Å²) in [5.74, 6) is 2.12. The number of aliphatic hydroxyl groups is 1. The van der Waals surface area contributed by atoms with Gasteiger partial charge in [0.1, 0.15) is 36.1 Å². The van der Waals surface area contributed by atoms with Crippen molar-refractivity contribution in [1.82, 2.24) is 10.2 Å². The summed E-state index contributed by atoms with van der Waals surface area (Å²) in [6.07, 6.45) is -0.378. The molecule has 0 bridgehead atoms. The van der Waals surface area contributed by atoms with Crippen molar-refractivity contribution in [3.63, 3.8) is 0 Å². The fourth-order valence-electron chi connectivity index (χ4n) is 3.56. The van der Waals surface area contributed by atoms with Crippen LogP contribution in [0.2, 0.25) is 0 Å². The lowest BCUT2D eigenvalue weighted by molar-refractivity contribution is -0.122. The lowest BCUT2D eigenvalue weighted by Gasteiger charge is -2.21. The van der Waals surface area contributed by atoms with Crippen LogP contribution in [0.1, 0.15) is 24.5 Å². The Morgan fingerprint density at radius 3 is 2.90 bits per heavy atom. The number of ether oxygens (including phenoxy) is 3. The number of aliphatic hydroxyl groups excluding tert-OH is 1. The highest BCUT2D eigenvalue weighted by Gasteiger charge is 2.20. The zero-order chi connectivity index (χ0) is 22.2. The fourth-order valence-corrected chi connectivity index (χ4v) is 3.56. The van der Waals surface area contributed by atoms with E-state index >= 15 is 0 Å². The molecule has 0 radical (unpaired) electrons. The number of aryl methyl sites for hydroxylation is 1. The van der Waals surface area contributed by atoms with E-state index in [0.29, 0.717) is 24.5 Å². The summed E-state index contributed by atoms with van der Waals surface area (Å²) < 4.78 is 16.7. The average molecular weight is 429 g/mol. The van der Waals surface area contributed by atoms with Gasteiger partial charge in [0.2, 0.25) is 5.91 Å². The van der Waals surface area contributed by atoms with Crippen LogP contribution in [-0.2, 0) is 11.3 Å². The molecule has 1 amide bonds. The first-order chi connectivity index (χ1) is 14.9. The summed E-state index contributed by atoms with van der Waals surface area (Å²) in [5, 5.41) is 12.9. The average Bonchev–Trinajstić information content (AvgIpc) is 2.92. The highest BCUT2D eigenvalue weighted by Crippen LogP contribution is 2.26. The first-order valence-electron chi connectivity index (χ1n) is 10.6. The van der Waals surface area contributed by atoms with E-state index in [-0.39, 0.29) is 25.2 Å². The zero-order valence-electron chi connectivity index (χ0n) is 18.5. The van der Waals surface area contributed by atoms with E-state index in [1.165, 1.54) is 5.56 Å². The number of hydrogen-bond acceptors (Lipinski definition) is 6. The molecule has 2 atom stereocenters. The van der Waals surface area contributed by atoms with Gasteiger partial charge in [0.15, 0.2) is 0 Å². The topological polar surface area (TPSA) is 80.3 Å². The van der Waals surface area contributed by atoms with Crippen LogP contribution in [-0.4, -0.2) is 61.5 Å². The van der Waals surface area contributed by atoms with Crippen LogP contribution in [0.5, 0.6) is 17.2 Å². The minimum absolute atomic E-state index is 0.0580. The van der Waals surface area contributed by atoms with Crippen molar-refractivity contribution < 1.29 is 24.1 Å². The quantitative estimate of drug-likeness (QED) is 0.639. The minimum atomic E-state index is -0.795. The van der Waals surface area contributed by atoms with Crippen LogP contribution in [0.25, 0.3) is 0 Å². The first kappa shape index (κ1) is 22.9. The molecule has 0 aromatic heterocycles. The largest absolute Gasteiger partial charge is 0.497 e. The van der Waals surface area contributed by atoms with Crippen molar-refractivity contribution in [2.45, 2.75) is 39.0 Å². The standard InChI is InChI=1S/C24H32N2O5/c1-17-7-8-23-19(11-17)15-26(14-18(2)31-23)10-9-24(28)25-13-20(27)16-30-22-6-4-5-21(12-22)29-3/h4-8,11-12,18,20,27H,9-10,13-16H2,1-3H3,(H,25,28)/t18-,20-/m1/s1. The molecular formula is C24H32N2O5. The summed E-state index contributed by atoms with van der Waals surface area (Å²) in [7, 11) is 1.59. The molecule has 0 aliphatic carbocycles. The molecule has 2 aromatic rings. The second-order valence-corrected chi connectivity index (χ2v) is 7.97. The third kappa shape index (κ3) is 7.15. The Labute approximate surface area is 183 Å². The van der Waals surface area contributed by atoms with E-state index in [9.17, 15) is 9.90 Å². The van der Waals surface area contributed by atoms with Gasteiger partial charge in [0.25, 0.3) is 0 Å². The molecule has 7 heteroatoms. The van der Waals surface area contributed by atoms with Crippen molar-refractivity contribution in [2.75, 3.05) is 33.4 Å². The Bertz CT molecular complexity index is 873. The number of carbonyl (C=O) groups excluding carboxylic acids is 1. The molecule has 1 aliphatic heterocycles. The Morgan fingerprint density at radius 1 is 1.29 bits per heavy atom. The van der Waals surface area contributed by atoms with Gasteiger partial charge in [-0.3, -0.25) is 9.69 Å². The highest BCUT2D eigenvalue weighted by atomic mass is 16.5. The molecule has 168 valence electrons. The molecule has 0 unspecified atom stereocenters. The molecule has 0 spiro atoms. The van der Waals surface area contributed by atoms with Gasteiger partial charge in [-0.25, -0.2) is 0 Å². The maximum atomic E-state index is 12.3. The number of methoxy groups -OCH3 is 1. The highest BCUT2D eigenvalue weighted by molar-refractivity contribution is 5.76. The number of nitrogens with zero attached hydrogens (tertiary/aromatic N) is 1. The lowest BCUT2D eigenvalue weighted by Crippen LogP contribution is -2.38. The van der Waals surface area contributed by atoms with E-state index in [1.54, 1.807) is 19.2 Å². The summed E-state index contributed by atoms with van der Waals surface area (Å²) in [6.45, 7) is 6.48.